The highest BCUT2D eigenvalue weighted by Crippen LogP contribution is 2.21. The molecule has 0 saturated heterocycles. The van der Waals surface area contributed by atoms with Gasteiger partial charge >= 0.3 is 0 Å². The zero-order valence-electron chi connectivity index (χ0n) is 11.4. The molecule has 0 aliphatic heterocycles. The molecule has 0 radical (unpaired) electrons. The second-order valence-electron chi connectivity index (χ2n) is 4.78. The minimum absolute atomic E-state index is 0.0592. The Balaban J connectivity index is 2.05. The fraction of sp³-hybridized carbons (Fsp3) is 0.188. The van der Waals surface area contributed by atoms with Crippen LogP contribution in [0.4, 0.5) is 0 Å². The van der Waals surface area contributed by atoms with Crippen LogP contribution in [0.2, 0.25) is 0 Å². The minimum Gasteiger partial charge on any atom is -0.508 e. The quantitative estimate of drug-likeness (QED) is 0.669. The Morgan fingerprint density at radius 3 is 2.24 bits per heavy atom. The maximum absolute atomic E-state index is 12.0. The number of hydrogen-bond donors (Lipinski definition) is 4. The van der Waals surface area contributed by atoms with Crippen LogP contribution in [-0.4, -0.2) is 33.9 Å². The van der Waals surface area contributed by atoms with Crippen molar-refractivity contribution in [3.8, 4) is 11.5 Å². The summed E-state index contributed by atoms with van der Waals surface area (Å²) in [6.45, 7) is -0.241. The number of carbonyl (C=O) groups excluding carboxylic acids is 1. The third-order valence-corrected chi connectivity index (χ3v) is 3.04. The molecule has 110 valence electrons. The van der Waals surface area contributed by atoms with E-state index in [0.717, 1.165) is 0 Å². The highest BCUT2D eigenvalue weighted by Gasteiger charge is 2.14. The van der Waals surface area contributed by atoms with Gasteiger partial charge < -0.3 is 20.6 Å². The maximum Gasteiger partial charge on any atom is 0.251 e. The summed E-state index contributed by atoms with van der Waals surface area (Å²) in [5.41, 5.74) is 1.13. The molecule has 2 aromatic rings. The van der Waals surface area contributed by atoms with Gasteiger partial charge in [-0.3, -0.25) is 4.79 Å². The lowest BCUT2D eigenvalue weighted by molar-refractivity contribution is 0.0916. The molecule has 0 bridgehead atoms. The van der Waals surface area contributed by atoms with Crippen LogP contribution in [0.5, 0.6) is 11.5 Å². The van der Waals surface area contributed by atoms with Gasteiger partial charge in [0.15, 0.2) is 0 Å². The van der Waals surface area contributed by atoms with Gasteiger partial charge in [0.25, 0.3) is 5.91 Å². The Bertz CT molecular complexity index is 593. The van der Waals surface area contributed by atoms with Gasteiger partial charge in [-0.05, 0) is 36.2 Å². The van der Waals surface area contributed by atoms with Gasteiger partial charge in [0.2, 0.25) is 0 Å². The van der Waals surface area contributed by atoms with Crippen LogP contribution in [0.15, 0.2) is 48.5 Å². The highest BCUT2D eigenvalue weighted by atomic mass is 16.3. The number of rotatable bonds is 5. The molecule has 0 aromatic heterocycles. The molecule has 1 atom stereocenters. The van der Waals surface area contributed by atoms with Gasteiger partial charge in [0.05, 0.1) is 12.6 Å². The van der Waals surface area contributed by atoms with Crippen molar-refractivity contribution >= 4 is 5.91 Å². The summed E-state index contributed by atoms with van der Waals surface area (Å²) in [6, 6.07) is 12.4. The van der Waals surface area contributed by atoms with Crippen LogP contribution in [0.3, 0.4) is 0 Å². The SMILES string of the molecule is O=C(NC(CO)Cc1cc(O)cc(O)c1)c1ccccc1. The third kappa shape index (κ3) is 4.22. The fourth-order valence-electron chi connectivity index (χ4n) is 2.08. The first kappa shape index (κ1) is 14.9. The third-order valence-electron chi connectivity index (χ3n) is 3.04. The van der Waals surface area contributed by atoms with E-state index in [0.29, 0.717) is 17.5 Å². The number of aromatic hydroxyl groups is 2. The lowest BCUT2D eigenvalue weighted by Crippen LogP contribution is -2.39. The average Bonchev–Trinajstić information content (AvgIpc) is 2.46. The molecule has 5 nitrogen and oxygen atoms in total. The van der Waals surface area contributed by atoms with Crippen molar-refractivity contribution < 1.29 is 20.1 Å². The molecule has 0 aliphatic rings. The lowest BCUT2D eigenvalue weighted by Gasteiger charge is -2.16. The highest BCUT2D eigenvalue weighted by molar-refractivity contribution is 5.94. The molecule has 2 aromatic carbocycles. The summed E-state index contributed by atoms with van der Waals surface area (Å²) >= 11 is 0. The number of phenolic OH excluding ortho intramolecular Hbond substituents is 2. The van der Waals surface area contributed by atoms with Crippen molar-refractivity contribution in [2.75, 3.05) is 6.61 Å². The molecule has 1 amide bonds. The van der Waals surface area contributed by atoms with Crippen molar-refractivity contribution in [1.82, 2.24) is 5.32 Å². The summed E-state index contributed by atoms with van der Waals surface area (Å²) in [4.78, 5) is 12.0. The van der Waals surface area contributed by atoms with Crippen molar-refractivity contribution in [3.05, 3.63) is 59.7 Å². The van der Waals surface area contributed by atoms with Gasteiger partial charge in [0, 0.05) is 11.6 Å². The van der Waals surface area contributed by atoms with Gasteiger partial charge in [-0.25, -0.2) is 0 Å². The van der Waals surface area contributed by atoms with Crippen LogP contribution in [-0.2, 0) is 6.42 Å². The normalized spacial score (nSPS) is 11.9. The number of phenols is 2. The molecule has 5 heteroatoms. The summed E-state index contributed by atoms with van der Waals surface area (Å²) in [5, 5.41) is 31.0. The Hall–Kier alpha value is -2.53. The number of nitrogens with one attached hydrogen (secondary N) is 1. The second kappa shape index (κ2) is 6.76. The number of aliphatic hydroxyl groups is 1. The molecule has 0 aliphatic carbocycles. The number of benzene rings is 2. The van der Waals surface area contributed by atoms with E-state index in [4.69, 9.17) is 0 Å². The standard InChI is InChI=1S/C16H17NO4/c18-10-13(6-11-7-14(19)9-15(20)8-11)17-16(21)12-4-2-1-3-5-12/h1-5,7-9,13,18-20H,6,10H2,(H,17,21). The average molecular weight is 287 g/mol. The number of amides is 1. The Kier molecular flexibility index (Phi) is 4.79. The molecule has 2 rings (SSSR count). The molecule has 0 fully saturated rings. The Morgan fingerprint density at radius 2 is 1.67 bits per heavy atom. The van der Waals surface area contributed by atoms with E-state index in [1.54, 1.807) is 24.3 Å². The molecular weight excluding hydrogens is 270 g/mol. The molecule has 0 saturated carbocycles. The first-order valence-corrected chi connectivity index (χ1v) is 6.57. The van der Waals surface area contributed by atoms with E-state index in [-0.39, 0.29) is 24.0 Å². The monoisotopic (exact) mass is 287 g/mol. The van der Waals surface area contributed by atoms with Crippen LogP contribution in [0.25, 0.3) is 0 Å². The first-order chi connectivity index (χ1) is 10.1. The van der Waals surface area contributed by atoms with Crippen molar-refractivity contribution in [2.45, 2.75) is 12.5 Å². The zero-order valence-corrected chi connectivity index (χ0v) is 11.4. The molecule has 0 heterocycles. The topological polar surface area (TPSA) is 89.8 Å². The summed E-state index contributed by atoms with van der Waals surface area (Å²) in [5.74, 6) is -0.397. The largest absolute Gasteiger partial charge is 0.508 e. The lowest BCUT2D eigenvalue weighted by atomic mass is 10.0. The molecule has 1 unspecified atom stereocenters. The van der Waals surface area contributed by atoms with E-state index in [1.165, 1.54) is 18.2 Å². The van der Waals surface area contributed by atoms with Crippen LogP contribution >= 0.6 is 0 Å². The predicted molar refractivity (Wildman–Crippen MR) is 78.3 cm³/mol. The fourth-order valence-corrected chi connectivity index (χ4v) is 2.08. The van der Waals surface area contributed by atoms with E-state index in [1.807, 2.05) is 6.07 Å². The summed E-state index contributed by atoms with van der Waals surface area (Å²) in [6.07, 6.45) is 0.303. The first-order valence-electron chi connectivity index (χ1n) is 6.57. The Morgan fingerprint density at radius 1 is 1.05 bits per heavy atom. The van der Waals surface area contributed by atoms with Gasteiger partial charge in [0.1, 0.15) is 11.5 Å². The number of carbonyl (C=O) groups is 1. The van der Waals surface area contributed by atoms with Crippen molar-refractivity contribution in [3.63, 3.8) is 0 Å². The molecule has 21 heavy (non-hydrogen) atoms. The van der Waals surface area contributed by atoms with Gasteiger partial charge in [-0.2, -0.15) is 0 Å². The van der Waals surface area contributed by atoms with E-state index in [9.17, 15) is 20.1 Å². The summed E-state index contributed by atoms with van der Waals surface area (Å²) < 4.78 is 0. The summed E-state index contributed by atoms with van der Waals surface area (Å²) in [7, 11) is 0. The number of hydrogen-bond acceptors (Lipinski definition) is 4. The maximum atomic E-state index is 12.0. The molecule has 4 N–H and O–H groups in total. The van der Waals surface area contributed by atoms with Gasteiger partial charge in [-0.15, -0.1) is 0 Å². The van der Waals surface area contributed by atoms with Crippen molar-refractivity contribution in [2.24, 2.45) is 0 Å². The minimum atomic E-state index is -0.501. The molecular formula is C16H17NO4. The van der Waals surface area contributed by atoms with Crippen molar-refractivity contribution in [1.29, 1.82) is 0 Å². The second-order valence-corrected chi connectivity index (χ2v) is 4.78. The predicted octanol–water partition coefficient (Wildman–Crippen LogP) is 1.43. The van der Waals surface area contributed by atoms with Crippen LogP contribution < -0.4 is 5.32 Å². The van der Waals surface area contributed by atoms with E-state index in [2.05, 4.69) is 5.32 Å². The van der Waals surface area contributed by atoms with Gasteiger partial charge in [-0.1, -0.05) is 18.2 Å². The number of aliphatic hydroxyl groups excluding tert-OH is 1. The smallest absolute Gasteiger partial charge is 0.251 e. The zero-order chi connectivity index (χ0) is 15.2. The van der Waals surface area contributed by atoms with E-state index < -0.39 is 6.04 Å². The van der Waals surface area contributed by atoms with Crippen LogP contribution in [0, 0.1) is 0 Å². The molecule has 0 spiro atoms. The van der Waals surface area contributed by atoms with E-state index >= 15 is 0 Å². The Labute approximate surface area is 122 Å². The van der Waals surface area contributed by atoms with Crippen LogP contribution in [0.1, 0.15) is 15.9 Å².